The summed E-state index contributed by atoms with van der Waals surface area (Å²) in [5.74, 6) is -0.397. The number of carbonyl (C=O) groups excluding carboxylic acids is 2. The molecule has 7 rings (SSSR count). The molecule has 2 aromatic carbocycles. The van der Waals surface area contributed by atoms with E-state index < -0.39 is 23.8 Å². The number of benzene rings is 2. The van der Waals surface area contributed by atoms with Crippen molar-refractivity contribution in [1.29, 1.82) is 0 Å². The lowest BCUT2D eigenvalue weighted by Gasteiger charge is -2.38. The number of amides is 1. The minimum atomic E-state index is -1.32. The van der Waals surface area contributed by atoms with E-state index in [-0.39, 0.29) is 30.0 Å². The van der Waals surface area contributed by atoms with Gasteiger partial charge >= 0.3 is 5.97 Å². The van der Waals surface area contributed by atoms with E-state index in [1.54, 1.807) is 36.5 Å². The van der Waals surface area contributed by atoms with Gasteiger partial charge in [0.1, 0.15) is 5.82 Å². The standard InChI is InChI=1S/C40H50FN9O3.ClH/c41-32-6-8-33(9-7-32)46-39(51)37(30-4-2-1-3-5-30)53-40(52)36-38(42)44-25-35(47-36)31-24-45-50(27-31)34-15-22-49(23-16-34)26-29-13-20-48(21-14-29)19-12-28-10-17-43-18-11-28;/h1-9,24-25,27-29,34,37,43H,10-23,26H2,(H2,42,44)(H,46,51);1H/t37-;/m1./s1. The molecule has 14 heteroatoms. The zero-order valence-corrected chi connectivity index (χ0v) is 31.4. The second-order valence-electron chi connectivity index (χ2n) is 14.7. The van der Waals surface area contributed by atoms with Crippen molar-refractivity contribution in [3.05, 3.63) is 90.3 Å². The van der Waals surface area contributed by atoms with Gasteiger partial charge in [-0.1, -0.05) is 30.3 Å². The lowest BCUT2D eigenvalue weighted by molar-refractivity contribution is -0.125. The number of anilines is 2. The van der Waals surface area contributed by atoms with Crippen LogP contribution in [0.15, 0.2) is 73.2 Å². The number of esters is 1. The lowest BCUT2D eigenvalue weighted by Crippen LogP contribution is -2.42. The zero-order valence-electron chi connectivity index (χ0n) is 30.6. The number of hydrogen-bond donors (Lipinski definition) is 3. The Labute approximate surface area is 322 Å². The first-order valence-corrected chi connectivity index (χ1v) is 19.0. The molecule has 4 N–H and O–H groups in total. The SMILES string of the molecule is Cl.Nc1ncc(-c2cnn(C3CCN(CC4CCN(CCC5CCNCC5)CC4)CC3)c2)nc1C(=O)O[C@@H](C(=O)Nc1ccc(F)cc1)c1ccccc1. The highest BCUT2D eigenvalue weighted by molar-refractivity contribution is 5.99. The van der Waals surface area contributed by atoms with Gasteiger partial charge in [-0.2, -0.15) is 5.10 Å². The summed E-state index contributed by atoms with van der Waals surface area (Å²) in [5.41, 5.74) is 7.83. The zero-order chi connectivity index (χ0) is 36.6. The minimum Gasteiger partial charge on any atom is -0.442 e. The fourth-order valence-electron chi connectivity index (χ4n) is 7.82. The van der Waals surface area contributed by atoms with Crippen LogP contribution in [-0.4, -0.2) is 93.8 Å². The van der Waals surface area contributed by atoms with Crippen LogP contribution in [0.2, 0.25) is 0 Å². The second kappa shape index (κ2) is 18.7. The Morgan fingerprint density at radius 1 is 0.907 bits per heavy atom. The molecule has 0 unspecified atom stereocenters. The summed E-state index contributed by atoms with van der Waals surface area (Å²) in [6.45, 7) is 9.36. The quantitative estimate of drug-likeness (QED) is 0.153. The van der Waals surface area contributed by atoms with Crippen LogP contribution in [0.4, 0.5) is 15.9 Å². The van der Waals surface area contributed by atoms with E-state index in [2.05, 4.69) is 35.5 Å². The van der Waals surface area contributed by atoms with Gasteiger partial charge in [0, 0.05) is 42.6 Å². The Hall–Kier alpha value is -4.43. The average molecular weight is 760 g/mol. The third-order valence-corrected chi connectivity index (χ3v) is 11.0. The third-order valence-electron chi connectivity index (χ3n) is 11.0. The molecule has 3 aliphatic heterocycles. The van der Waals surface area contributed by atoms with E-state index in [1.807, 2.05) is 10.9 Å². The number of aromatic nitrogens is 4. The number of nitrogens with zero attached hydrogens (tertiary/aromatic N) is 6. The van der Waals surface area contributed by atoms with Gasteiger partial charge in [-0.3, -0.25) is 9.48 Å². The molecule has 0 spiro atoms. The molecule has 1 atom stereocenters. The van der Waals surface area contributed by atoms with Gasteiger partial charge in [0.2, 0.25) is 6.10 Å². The van der Waals surface area contributed by atoms with Crippen LogP contribution in [0.5, 0.6) is 0 Å². The van der Waals surface area contributed by atoms with E-state index in [9.17, 15) is 14.0 Å². The number of nitrogens with one attached hydrogen (secondary N) is 2. The molecule has 3 aliphatic rings. The highest BCUT2D eigenvalue weighted by atomic mass is 35.5. The summed E-state index contributed by atoms with van der Waals surface area (Å²) < 4.78 is 21.1. The molecule has 0 radical (unpaired) electrons. The van der Waals surface area contributed by atoms with Crippen LogP contribution >= 0.6 is 12.4 Å². The fraction of sp³-hybridized carbons (Fsp3) is 0.475. The topological polar surface area (TPSA) is 144 Å². The van der Waals surface area contributed by atoms with Crippen molar-refractivity contribution in [2.75, 3.05) is 63.4 Å². The largest absolute Gasteiger partial charge is 0.442 e. The first kappa shape index (κ1) is 39.3. The Balaban J connectivity index is 0.00000497. The molecule has 0 bridgehead atoms. The average Bonchev–Trinajstić information content (AvgIpc) is 3.69. The first-order chi connectivity index (χ1) is 25.9. The number of piperidine rings is 3. The molecule has 3 fully saturated rings. The Kier molecular flexibility index (Phi) is 13.6. The van der Waals surface area contributed by atoms with E-state index >= 15 is 0 Å². The predicted molar refractivity (Wildman–Crippen MR) is 209 cm³/mol. The smallest absolute Gasteiger partial charge is 0.361 e. The number of nitrogens with two attached hydrogens (primary N) is 1. The van der Waals surface area contributed by atoms with Gasteiger partial charge in [0.05, 0.1) is 24.1 Å². The summed E-state index contributed by atoms with van der Waals surface area (Å²) in [5, 5.41) is 10.8. The second-order valence-corrected chi connectivity index (χ2v) is 14.7. The molecule has 5 heterocycles. The number of carbonyl (C=O) groups is 2. The van der Waals surface area contributed by atoms with Crippen molar-refractivity contribution in [3.8, 4) is 11.3 Å². The predicted octanol–water partition coefficient (Wildman–Crippen LogP) is 5.76. The van der Waals surface area contributed by atoms with Gasteiger partial charge in [-0.25, -0.2) is 19.2 Å². The summed E-state index contributed by atoms with van der Waals surface area (Å²) in [6, 6.07) is 14.2. The first-order valence-electron chi connectivity index (χ1n) is 19.0. The van der Waals surface area contributed by atoms with Crippen molar-refractivity contribution in [3.63, 3.8) is 0 Å². The van der Waals surface area contributed by atoms with Gasteiger partial charge in [-0.05, 0) is 114 Å². The van der Waals surface area contributed by atoms with Crippen molar-refractivity contribution in [2.45, 2.75) is 57.1 Å². The highest BCUT2D eigenvalue weighted by Crippen LogP contribution is 2.29. The maximum atomic E-state index is 13.5. The van der Waals surface area contributed by atoms with Crippen molar-refractivity contribution in [1.82, 2.24) is 34.9 Å². The van der Waals surface area contributed by atoms with Crippen LogP contribution in [0, 0.1) is 17.7 Å². The van der Waals surface area contributed by atoms with E-state index in [4.69, 9.17) is 10.5 Å². The van der Waals surface area contributed by atoms with Gasteiger partial charge in [0.25, 0.3) is 5.91 Å². The van der Waals surface area contributed by atoms with Crippen LogP contribution in [0.1, 0.15) is 73.1 Å². The third kappa shape index (κ3) is 10.2. The number of nitrogen functional groups attached to an aromatic ring is 1. The molecular weight excluding hydrogens is 709 g/mol. The van der Waals surface area contributed by atoms with E-state index in [0.717, 1.165) is 37.8 Å². The molecule has 4 aromatic rings. The Bertz CT molecular complexity index is 1810. The number of hydrogen-bond acceptors (Lipinski definition) is 10. The maximum Gasteiger partial charge on any atom is 0.361 e. The number of halogens is 2. The summed E-state index contributed by atoms with van der Waals surface area (Å²) >= 11 is 0. The Morgan fingerprint density at radius 2 is 1.61 bits per heavy atom. The lowest BCUT2D eigenvalue weighted by atomic mass is 9.92. The van der Waals surface area contributed by atoms with Crippen LogP contribution < -0.4 is 16.4 Å². The Morgan fingerprint density at radius 3 is 2.33 bits per heavy atom. The molecule has 0 aliphatic carbocycles. The molecule has 288 valence electrons. The highest BCUT2D eigenvalue weighted by Gasteiger charge is 2.29. The van der Waals surface area contributed by atoms with Crippen LogP contribution in [0.3, 0.4) is 0 Å². The van der Waals surface area contributed by atoms with E-state index in [1.165, 1.54) is 102 Å². The molecule has 3 saturated heterocycles. The maximum absolute atomic E-state index is 13.5. The van der Waals surface area contributed by atoms with Gasteiger partial charge in [-0.15, -0.1) is 12.4 Å². The van der Waals surface area contributed by atoms with E-state index in [0.29, 0.717) is 22.5 Å². The monoisotopic (exact) mass is 759 g/mol. The summed E-state index contributed by atoms with van der Waals surface area (Å²) in [4.78, 5) is 40.9. The van der Waals surface area contributed by atoms with Crippen LogP contribution in [0.25, 0.3) is 11.3 Å². The molecule has 54 heavy (non-hydrogen) atoms. The number of ether oxygens (including phenoxy) is 1. The van der Waals surface area contributed by atoms with Gasteiger partial charge in [0.15, 0.2) is 11.5 Å². The van der Waals surface area contributed by atoms with Crippen molar-refractivity contribution < 1.29 is 18.7 Å². The van der Waals surface area contributed by atoms with Crippen molar-refractivity contribution >= 4 is 35.8 Å². The molecular formula is C40H51ClFN9O3. The molecule has 0 saturated carbocycles. The number of rotatable bonds is 12. The number of likely N-dealkylation sites (tertiary alicyclic amines) is 2. The minimum absolute atomic E-state index is 0. The molecule has 2 aromatic heterocycles. The summed E-state index contributed by atoms with van der Waals surface area (Å²) in [6.07, 6.45) is 12.5. The normalized spacial score (nSPS) is 18.5. The molecule has 12 nitrogen and oxygen atoms in total. The van der Waals surface area contributed by atoms with Crippen molar-refractivity contribution in [2.24, 2.45) is 11.8 Å². The summed E-state index contributed by atoms with van der Waals surface area (Å²) in [7, 11) is 0. The van der Waals surface area contributed by atoms with Gasteiger partial charge < -0.3 is 30.9 Å². The van der Waals surface area contributed by atoms with Crippen LogP contribution in [-0.2, 0) is 9.53 Å². The fourth-order valence-corrected chi connectivity index (χ4v) is 7.82. The molecule has 1 amide bonds.